The van der Waals surface area contributed by atoms with Crippen LogP contribution in [0.3, 0.4) is 0 Å². The number of hydrogen-bond donors (Lipinski definition) is 2. The molecule has 1 unspecified atom stereocenters. The van der Waals surface area contributed by atoms with Gasteiger partial charge >= 0.3 is 0 Å². The van der Waals surface area contributed by atoms with E-state index in [0.717, 1.165) is 18.4 Å². The largest absolute Gasteiger partial charge is 0.352 e. The molecule has 2 aliphatic rings. The third-order valence-corrected chi connectivity index (χ3v) is 6.41. The molecule has 10 heteroatoms. The monoisotopic (exact) mass is 456 g/mol. The molecule has 4 rings (SSSR count). The van der Waals surface area contributed by atoms with Gasteiger partial charge in [-0.05, 0) is 44.4 Å². The topological polar surface area (TPSA) is 111 Å². The molecule has 0 aliphatic carbocycles. The van der Waals surface area contributed by atoms with Crippen molar-refractivity contribution in [2.45, 2.75) is 57.5 Å². The number of likely N-dealkylation sites (tertiary alicyclic amines) is 1. The van der Waals surface area contributed by atoms with Gasteiger partial charge in [-0.2, -0.15) is 5.10 Å². The van der Waals surface area contributed by atoms with Gasteiger partial charge in [0, 0.05) is 38.9 Å². The minimum absolute atomic E-state index is 0.0581. The Morgan fingerprint density at radius 3 is 2.64 bits per heavy atom. The van der Waals surface area contributed by atoms with E-state index in [1.54, 1.807) is 35.8 Å². The van der Waals surface area contributed by atoms with Gasteiger partial charge in [-0.3, -0.25) is 19.5 Å². The number of nitrogens with one attached hydrogen (secondary N) is 2. The third kappa shape index (κ3) is 4.89. The van der Waals surface area contributed by atoms with E-state index in [-0.39, 0.29) is 42.4 Å². The molecule has 0 bridgehead atoms. The van der Waals surface area contributed by atoms with Crippen molar-refractivity contribution < 1.29 is 18.8 Å². The minimum atomic E-state index is -0.922. The van der Waals surface area contributed by atoms with Crippen LogP contribution in [0.1, 0.15) is 62.8 Å². The molecular weight excluding hydrogens is 427 g/mol. The van der Waals surface area contributed by atoms with E-state index in [2.05, 4.69) is 20.5 Å². The fourth-order valence-corrected chi connectivity index (χ4v) is 4.50. The van der Waals surface area contributed by atoms with E-state index in [9.17, 15) is 18.8 Å². The maximum atomic E-state index is 13.1. The van der Waals surface area contributed by atoms with Gasteiger partial charge < -0.3 is 15.1 Å². The molecular formula is C23H29FN6O3. The maximum absolute atomic E-state index is 13.1. The van der Waals surface area contributed by atoms with Crippen LogP contribution < -0.4 is 5.32 Å². The Hall–Kier alpha value is -3.30. The summed E-state index contributed by atoms with van der Waals surface area (Å²) in [6, 6.07) is 5.98. The molecule has 176 valence electrons. The van der Waals surface area contributed by atoms with Crippen molar-refractivity contribution in [1.29, 1.82) is 0 Å². The lowest BCUT2D eigenvalue weighted by atomic mass is 9.98. The van der Waals surface area contributed by atoms with E-state index < -0.39 is 5.54 Å². The molecule has 3 heterocycles. The number of halogens is 1. The van der Waals surface area contributed by atoms with Gasteiger partial charge in [0.15, 0.2) is 5.82 Å². The highest BCUT2D eigenvalue weighted by molar-refractivity contribution is 5.93. The Morgan fingerprint density at radius 2 is 1.88 bits per heavy atom. The first-order valence-corrected chi connectivity index (χ1v) is 11.3. The predicted octanol–water partition coefficient (Wildman–Crippen LogP) is 1.72. The van der Waals surface area contributed by atoms with Crippen LogP contribution in [-0.4, -0.2) is 67.9 Å². The van der Waals surface area contributed by atoms with Crippen LogP contribution in [0.15, 0.2) is 24.3 Å². The number of amides is 3. The highest BCUT2D eigenvalue weighted by atomic mass is 19.1. The summed E-state index contributed by atoms with van der Waals surface area (Å²) in [5, 5.41) is 10.0. The summed E-state index contributed by atoms with van der Waals surface area (Å²) in [7, 11) is 0. The molecule has 33 heavy (non-hydrogen) atoms. The number of H-pyrrole nitrogens is 1. The average molecular weight is 457 g/mol. The maximum Gasteiger partial charge on any atom is 0.245 e. The molecule has 1 atom stereocenters. The molecule has 2 aliphatic heterocycles. The predicted molar refractivity (Wildman–Crippen MR) is 117 cm³/mol. The zero-order valence-electron chi connectivity index (χ0n) is 18.9. The van der Waals surface area contributed by atoms with Crippen molar-refractivity contribution in [3.05, 3.63) is 47.3 Å². The number of rotatable bonds is 6. The van der Waals surface area contributed by atoms with Gasteiger partial charge in [-0.1, -0.05) is 12.1 Å². The lowest BCUT2D eigenvalue weighted by Gasteiger charge is -2.41. The van der Waals surface area contributed by atoms with Gasteiger partial charge in [0.05, 0.1) is 6.04 Å². The summed E-state index contributed by atoms with van der Waals surface area (Å²) in [6.07, 6.45) is 2.22. The van der Waals surface area contributed by atoms with Gasteiger partial charge in [-0.15, -0.1) is 0 Å². The number of carbonyl (C=O) groups is 3. The average Bonchev–Trinajstić information content (AvgIpc) is 3.45. The first kappa shape index (κ1) is 22.9. The molecule has 0 radical (unpaired) electrons. The number of aromatic nitrogens is 3. The lowest BCUT2D eigenvalue weighted by molar-refractivity contribution is -0.150. The van der Waals surface area contributed by atoms with Crippen molar-refractivity contribution in [3.8, 4) is 0 Å². The molecule has 2 aromatic rings. The fraction of sp³-hybridized carbons (Fsp3) is 0.522. The minimum Gasteiger partial charge on any atom is -0.352 e. The van der Waals surface area contributed by atoms with Crippen molar-refractivity contribution in [2.24, 2.45) is 0 Å². The van der Waals surface area contributed by atoms with Crippen molar-refractivity contribution in [3.63, 3.8) is 0 Å². The number of piperazine rings is 1. The van der Waals surface area contributed by atoms with E-state index in [4.69, 9.17) is 0 Å². The summed E-state index contributed by atoms with van der Waals surface area (Å²) in [4.78, 5) is 45.7. The van der Waals surface area contributed by atoms with Gasteiger partial charge in [0.2, 0.25) is 17.7 Å². The van der Waals surface area contributed by atoms with E-state index in [1.165, 1.54) is 12.1 Å². The summed E-state index contributed by atoms with van der Waals surface area (Å²) in [6.45, 7) is 4.87. The second-order valence-electron chi connectivity index (χ2n) is 9.05. The highest BCUT2D eigenvalue weighted by Gasteiger charge is 2.40. The van der Waals surface area contributed by atoms with E-state index >= 15 is 0 Å². The molecule has 2 N–H and O–H groups in total. The summed E-state index contributed by atoms with van der Waals surface area (Å²) in [5.74, 6) is 0.417. The number of aromatic amines is 1. The van der Waals surface area contributed by atoms with Crippen LogP contribution in [0.4, 0.5) is 4.39 Å². The summed E-state index contributed by atoms with van der Waals surface area (Å²) < 4.78 is 13.1. The van der Waals surface area contributed by atoms with Crippen LogP contribution >= 0.6 is 0 Å². The summed E-state index contributed by atoms with van der Waals surface area (Å²) >= 11 is 0. The Morgan fingerprint density at radius 1 is 1.15 bits per heavy atom. The third-order valence-electron chi connectivity index (χ3n) is 6.41. The number of hydrogen-bond acceptors (Lipinski definition) is 5. The molecule has 3 amide bonds. The molecule has 9 nitrogen and oxygen atoms in total. The number of benzene rings is 1. The zero-order valence-corrected chi connectivity index (χ0v) is 18.9. The van der Waals surface area contributed by atoms with Crippen molar-refractivity contribution >= 4 is 17.7 Å². The number of nitrogens with zero attached hydrogens (tertiary/aromatic N) is 4. The molecule has 0 saturated carbocycles. The molecule has 2 fully saturated rings. The van der Waals surface area contributed by atoms with Gasteiger partial charge in [0.25, 0.3) is 0 Å². The van der Waals surface area contributed by atoms with Crippen LogP contribution in [0.5, 0.6) is 0 Å². The molecule has 0 spiro atoms. The van der Waals surface area contributed by atoms with E-state index in [1.807, 2.05) is 0 Å². The Kier molecular flexibility index (Phi) is 6.44. The van der Waals surface area contributed by atoms with Gasteiger partial charge in [-0.25, -0.2) is 9.37 Å². The van der Waals surface area contributed by atoms with Crippen LogP contribution in [0.2, 0.25) is 0 Å². The van der Waals surface area contributed by atoms with Crippen LogP contribution in [0, 0.1) is 5.82 Å². The summed E-state index contributed by atoms with van der Waals surface area (Å²) in [5.41, 5.74) is -0.0136. The normalized spacial score (nSPS) is 20.1. The van der Waals surface area contributed by atoms with Crippen molar-refractivity contribution in [1.82, 2.24) is 30.3 Å². The Balaban J connectivity index is 1.36. The smallest absolute Gasteiger partial charge is 0.245 e. The Bertz CT molecular complexity index is 1040. The van der Waals surface area contributed by atoms with E-state index in [0.29, 0.717) is 37.7 Å². The zero-order chi connectivity index (χ0) is 23.6. The quantitative estimate of drug-likeness (QED) is 0.688. The molecule has 2 saturated heterocycles. The number of carbonyl (C=O) groups excluding carboxylic acids is 3. The second kappa shape index (κ2) is 9.29. The van der Waals surface area contributed by atoms with Crippen LogP contribution in [-0.2, 0) is 20.8 Å². The first-order valence-electron chi connectivity index (χ1n) is 11.3. The lowest BCUT2D eigenvalue weighted by Crippen LogP contribution is -2.63. The fourth-order valence-electron chi connectivity index (χ4n) is 4.50. The van der Waals surface area contributed by atoms with Crippen molar-refractivity contribution in [2.75, 3.05) is 19.6 Å². The standard InChI is InChI=1S/C23H29FN6O3/c1-23(2)22(33)25-11-13-30(23)20(32)10-9-19(31)29-12-3-4-17(29)21-26-18(27-28-21)14-15-5-7-16(24)8-6-15/h5-8,17H,3-4,9-14H2,1-2H3,(H,25,33)(H,26,27,28). The Labute approximate surface area is 191 Å². The van der Waals surface area contributed by atoms with Crippen LogP contribution in [0.25, 0.3) is 0 Å². The second-order valence-corrected chi connectivity index (χ2v) is 9.05. The van der Waals surface area contributed by atoms with Gasteiger partial charge in [0.1, 0.15) is 17.2 Å². The highest BCUT2D eigenvalue weighted by Crippen LogP contribution is 2.31. The molecule has 1 aromatic heterocycles. The molecule has 1 aromatic carbocycles. The SMILES string of the molecule is CC1(C)C(=O)NCCN1C(=O)CCC(=O)N1CCCC1c1n[nH]c(Cc2ccc(F)cc2)n1. The first-order chi connectivity index (χ1) is 15.8.